The summed E-state index contributed by atoms with van der Waals surface area (Å²) < 4.78 is 0. The van der Waals surface area contributed by atoms with Gasteiger partial charge in [-0.25, -0.2) is 9.97 Å². The molecule has 0 radical (unpaired) electrons. The first kappa shape index (κ1) is 20.3. The Hall–Kier alpha value is -3.64. The second kappa shape index (κ2) is 9.66. The molecule has 32 heavy (non-hydrogen) atoms. The number of benzene rings is 1. The van der Waals surface area contributed by atoms with Gasteiger partial charge in [0.05, 0.1) is 11.7 Å². The fourth-order valence-corrected chi connectivity index (χ4v) is 4.22. The fraction of sp³-hybridized carbons (Fsp3) is 0.231. The summed E-state index contributed by atoms with van der Waals surface area (Å²) in [6, 6.07) is 20.4. The van der Waals surface area contributed by atoms with Gasteiger partial charge >= 0.3 is 0 Å². The molecule has 4 aromatic rings. The summed E-state index contributed by atoms with van der Waals surface area (Å²) in [6.07, 6.45) is 10.8. The van der Waals surface area contributed by atoms with E-state index in [1.165, 1.54) is 18.4 Å². The Morgan fingerprint density at radius 1 is 0.875 bits per heavy atom. The number of anilines is 2. The van der Waals surface area contributed by atoms with Gasteiger partial charge in [-0.15, -0.1) is 0 Å². The van der Waals surface area contributed by atoms with Crippen molar-refractivity contribution >= 4 is 11.5 Å². The Kier molecular flexibility index (Phi) is 6.12. The number of hydrogen-bond acceptors (Lipinski definition) is 6. The lowest BCUT2D eigenvalue weighted by Crippen LogP contribution is -2.34. The molecule has 1 saturated heterocycles. The maximum absolute atomic E-state index is 5.02. The zero-order valence-electron chi connectivity index (χ0n) is 17.9. The second-order valence-electron chi connectivity index (χ2n) is 8.07. The summed E-state index contributed by atoms with van der Waals surface area (Å²) in [6.45, 7) is 1.88. The van der Waals surface area contributed by atoms with Crippen LogP contribution in [0.2, 0.25) is 0 Å². The lowest BCUT2D eigenvalue weighted by molar-refractivity contribution is 0.134. The quantitative estimate of drug-likeness (QED) is 0.448. The van der Waals surface area contributed by atoms with Crippen molar-refractivity contribution in [2.45, 2.75) is 31.8 Å². The molecular weight excluding hydrogens is 396 g/mol. The van der Waals surface area contributed by atoms with Gasteiger partial charge in [-0.05, 0) is 55.3 Å². The predicted molar refractivity (Wildman–Crippen MR) is 126 cm³/mol. The third-order valence-corrected chi connectivity index (χ3v) is 5.79. The minimum Gasteiger partial charge on any atom is -0.340 e. The highest BCUT2D eigenvalue weighted by Gasteiger charge is 2.27. The minimum atomic E-state index is 0.169. The van der Waals surface area contributed by atoms with Gasteiger partial charge in [0, 0.05) is 48.6 Å². The Morgan fingerprint density at radius 3 is 2.56 bits per heavy atom. The number of nitrogens with one attached hydrogen (secondary N) is 1. The van der Waals surface area contributed by atoms with Crippen molar-refractivity contribution in [3.05, 3.63) is 96.8 Å². The number of aromatic nitrogens is 4. The van der Waals surface area contributed by atoms with E-state index < -0.39 is 0 Å². The van der Waals surface area contributed by atoms with Crippen LogP contribution in [0.4, 0.5) is 11.5 Å². The monoisotopic (exact) mass is 422 g/mol. The molecule has 1 aliphatic heterocycles. The number of rotatable bonds is 6. The van der Waals surface area contributed by atoms with E-state index in [1.807, 2.05) is 67.0 Å². The third-order valence-electron chi connectivity index (χ3n) is 5.79. The van der Waals surface area contributed by atoms with E-state index in [9.17, 15) is 0 Å². The zero-order valence-corrected chi connectivity index (χ0v) is 17.9. The van der Waals surface area contributed by atoms with E-state index in [0.717, 1.165) is 48.1 Å². The van der Waals surface area contributed by atoms with Crippen LogP contribution in [0.5, 0.6) is 0 Å². The summed E-state index contributed by atoms with van der Waals surface area (Å²) in [5.74, 6) is 1.67. The topological polar surface area (TPSA) is 66.8 Å². The highest BCUT2D eigenvalue weighted by atomic mass is 15.2. The summed E-state index contributed by atoms with van der Waals surface area (Å²) in [5.41, 5.74) is 4.16. The van der Waals surface area contributed by atoms with Crippen molar-refractivity contribution in [1.82, 2.24) is 24.8 Å². The molecule has 6 nitrogen and oxygen atoms in total. The summed E-state index contributed by atoms with van der Waals surface area (Å²) in [4.78, 5) is 20.9. The number of hydrogen-bond donors (Lipinski definition) is 1. The second-order valence-corrected chi connectivity index (χ2v) is 8.07. The number of para-hydroxylation sites is 1. The van der Waals surface area contributed by atoms with Crippen molar-refractivity contribution < 1.29 is 0 Å². The lowest BCUT2D eigenvalue weighted by Gasteiger charge is -2.35. The molecule has 1 atom stereocenters. The third kappa shape index (κ3) is 4.81. The molecule has 0 aliphatic carbocycles. The molecule has 3 aromatic heterocycles. The zero-order chi connectivity index (χ0) is 21.6. The van der Waals surface area contributed by atoms with Gasteiger partial charge in [0.15, 0.2) is 0 Å². The van der Waals surface area contributed by atoms with Gasteiger partial charge in [0.1, 0.15) is 11.6 Å². The molecule has 0 amide bonds. The SMILES string of the molecule is c1ccc(Nc2cc(-c3ccncc3)nc([C@@H]3CCCCN3Cc3cccnc3)n2)cc1. The van der Waals surface area contributed by atoms with Gasteiger partial charge in [-0.2, -0.15) is 0 Å². The molecule has 0 spiro atoms. The van der Waals surface area contributed by atoms with Crippen molar-refractivity contribution in [1.29, 1.82) is 0 Å². The van der Waals surface area contributed by atoms with E-state index in [1.54, 1.807) is 12.4 Å². The van der Waals surface area contributed by atoms with E-state index >= 15 is 0 Å². The van der Waals surface area contributed by atoms with E-state index in [0.29, 0.717) is 0 Å². The number of pyridine rings is 2. The average molecular weight is 423 g/mol. The Morgan fingerprint density at radius 2 is 1.75 bits per heavy atom. The minimum absolute atomic E-state index is 0.169. The van der Waals surface area contributed by atoms with E-state index in [2.05, 4.69) is 26.3 Å². The fourth-order valence-electron chi connectivity index (χ4n) is 4.22. The lowest BCUT2D eigenvalue weighted by atomic mass is 10.00. The van der Waals surface area contributed by atoms with Crippen molar-refractivity contribution in [2.24, 2.45) is 0 Å². The highest BCUT2D eigenvalue weighted by Crippen LogP contribution is 2.32. The molecule has 160 valence electrons. The van der Waals surface area contributed by atoms with Crippen LogP contribution in [0.15, 0.2) is 85.5 Å². The van der Waals surface area contributed by atoms with Gasteiger partial charge in [0.25, 0.3) is 0 Å². The molecule has 4 heterocycles. The summed E-state index contributed by atoms with van der Waals surface area (Å²) >= 11 is 0. The summed E-state index contributed by atoms with van der Waals surface area (Å²) in [7, 11) is 0. The molecule has 1 aliphatic rings. The van der Waals surface area contributed by atoms with Gasteiger partial charge < -0.3 is 5.32 Å². The Bertz CT molecular complexity index is 1130. The largest absolute Gasteiger partial charge is 0.340 e. The smallest absolute Gasteiger partial charge is 0.148 e. The predicted octanol–water partition coefficient (Wildman–Crippen LogP) is 5.40. The van der Waals surface area contributed by atoms with Crippen molar-refractivity contribution in [3.63, 3.8) is 0 Å². The van der Waals surface area contributed by atoms with Gasteiger partial charge in [-0.1, -0.05) is 30.7 Å². The van der Waals surface area contributed by atoms with Gasteiger partial charge in [0.2, 0.25) is 0 Å². The number of nitrogens with zero attached hydrogens (tertiary/aromatic N) is 5. The van der Waals surface area contributed by atoms with Crippen LogP contribution in [-0.2, 0) is 6.54 Å². The molecule has 0 unspecified atom stereocenters. The molecule has 1 fully saturated rings. The first-order valence-corrected chi connectivity index (χ1v) is 11.1. The van der Waals surface area contributed by atoms with Crippen LogP contribution in [0.3, 0.4) is 0 Å². The first-order chi connectivity index (χ1) is 15.8. The van der Waals surface area contributed by atoms with Gasteiger partial charge in [-0.3, -0.25) is 14.9 Å². The first-order valence-electron chi connectivity index (χ1n) is 11.1. The van der Waals surface area contributed by atoms with Crippen molar-refractivity contribution in [3.8, 4) is 11.3 Å². The Balaban J connectivity index is 1.51. The van der Waals surface area contributed by atoms with Crippen LogP contribution < -0.4 is 5.32 Å². The number of likely N-dealkylation sites (tertiary alicyclic amines) is 1. The summed E-state index contributed by atoms with van der Waals surface area (Å²) in [5, 5.41) is 3.46. The van der Waals surface area contributed by atoms with Crippen LogP contribution in [0, 0.1) is 0 Å². The molecule has 6 heteroatoms. The molecular formula is C26H26N6. The molecule has 0 saturated carbocycles. The van der Waals surface area contributed by atoms with Crippen LogP contribution in [-0.4, -0.2) is 31.4 Å². The molecule has 1 N–H and O–H groups in total. The maximum Gasteiger partial charge on any atom is 0.148 e. The molecule has 1 aromatic carbocycles. The van der Waals surface area contributed by atoms with Crippen LogP contribution in [0.1, 0.15) is 36.7 Å². The maximum atomic E-state index is 5.02. The highest BCUT2D eigenvalue weighted by molar-refractivity contribution is 5.65. The normalized spacial score (nSPS) is 16.6. The van der Waals surface area contributed by atoms with Crippen molar-refractivity contribution in [2.75, 3.05) is 11.9 Å². The van der Waals surface area contributed by atoms with Crippen LogP contribution >= 0.6 is 0 Å². The van der Waals surface area contributed by atoms with Crippen LogP contribution in [0.25, 0.3) is 11.3 Å². The number of piperidine rings is 1. The molecule has 5 rings (SSSR count). The molecule has 0 bridgehead atoms. The van der Waals surface area contributed by atoms with E-state index in [4.69, 9.17) is 9.97 Å². The Labute approximate surface area is 188 Å². The van der Waals surface area contributed by atoms with E-state index in [-0.39, 0.29) is 6.04 Å². The average Bonchev–Trinajstić information content (AvgIpc) is 2.86. The standard InChI is InChI=1S/C26H26N6/c1-2-8-22(9-3-1)29-25-17-23(21-11-14-27-15-12-21)30-26(31-25)24-10-4-5-16-32(24)19-20-7-6-13-28-18-20/h1-3,6-9,11-15,17-18,24H,4-5,10,16,19H2,(H,29,30,31)/t24-/m0/s1.